The molecule has 0 aliphatic carbocycles. The van der Waals surface area contributed by atoms with Crippen molar-refractivity contribution < 1.29 is 19.1 Å². The number of hydrogen-bond acceptors (Lipinski definition) is 2. The van der Waals surface area contributed by atoms with E-state index in [1.807, 2.05) is 6.92 Å². The van der Waals surface area contributed by atoms with Gasteiger partial charge >= 0.3 is 5.97 Å². The van der Waals surface area contributed by atoms with Crippen LogP contribution < -0.4 is 0 Å². The van der Waals surface area contributed by atoms with E-state index in [9.17, 15) is 14.0 Å². The third-order valence-electron chi connectivity index (χ3n) is 2.07. The van der Waals surface area contributed by atoms with Crippen LogP contribution in [-0.2, 0) is 9.59 Å². The first kappa shape index (κ1) is 13.9. The fourth-order valence-electron chi connectivity index (χ4n) is 1.16. The third kappa shape index (κ3) is 6.88. The molecule has 0 aromatic heterocycles. The minimum absolute atomic E-state index is 0.218. The molecule has 0 fully saturated rings. The average Bonchev–Trinajstić information content (AvgIpc) is 2.13. The molecule has 0 rings (SSSR count). The van der Waals surface area contributed by atoms with Crippen molar-refractivity contribution in [3.05, 3.63) is 0 Å². The van der Waals surface area contributed by atoms with Crippen molar-refractivity contribution in [1.82, 2.24) is 4.90 Å². The highest BCUT2D eigenvalue weighted by Gasteiger charge is 2.17. The summed E-state index contributed by atoms with van der Waals surface area (Å²) in [4.78, 5) is 22.6. The maximum Gasteiger partial charge on any atom is 0.323 e. The summed E-state index contributed by atoms with van der Waals surface area (Å²) in [6.45, 7) is 1.57. The molecule has 4 nitrogen and oxygen atoms in total. The van der Waals surface area contributed by atoms with Crippen LogP contribution in [0.5, 0.6) is 0 Å². The van der Waals surface area contributed by atoms with Crippen molar-refractivity contribution in [1.29, 1.82) is 0 Å². The minimum atomic E-state index is -1.16. The number of alkyl halides is 1. The lowest BCUT2D eigenvalue weighted by molar-refractivity contribution is -0.143. The van der Waals surface area contributed by atoms with E-state index in [0.29, 0.717) is 6.42 Å². The zero-order valence-corrected chi connectivity index (χ0v) is 9.20. The molecule has 0 saturated carbocycles. The predicted octanol–water partition coefficient (Wildman–Crippen LogP) is 1.45. The number of carboxylic acid groups (broad SMARTS) is 1. The van der Waals surface area contributed by atoms with E-state index in [1.165, 1.54) is 7.05 Å². The van der Waals surface area contributed by atoms with E-state index < -0.39 is 18.0 Å². The summed E-state index contributed by atoms with van der Waals surface area (Å²) in [5.41, 5.74) is 0. The molecular formula is C10H18FNO3. The standard InChI is InChI=1S/C10H18FNO3/c1-3-4-5-8(11)6-9(13)12(2)7-10(14)15/h8H,3-7H2,1-2H3,(H,14,15). The Balaban J connectivity index is 3.85. The quantitative estimate of drug-likeness (QED) is 0.705. The summed E-state index contributed by atoms with van der Waals surface area (Å²) in [5.74, 6) is -1.55. The number of carbonyl (C=O) groups excluding carboxylic acids is 1. The zero-order valence-electron chi connectivity index (χ0n) is 9.20. The third-order valence-corrected chi connectivity index (χ3v) is 2.07. The number of amides is 1. The van der Waals surface area contributed by atoms with Gasteiger partial charge in [0.2, 0.25) is 5.91 Å². The molecule has 0 aliphatic heterocycles. The van der Waals surface area contributed by atoms with Gasteiger partial charge in [0.05, 0.1) is 6.42 Å². The molecule has 0 aromatic rings. The number of likely N-dealkylation sites (N-methyl/N-ethyl adjacent to an activating group) is 1. The van der Waals surface area contributed by atoms with Crippen LogP contribution in [0, 0.1) is 0 Å². The number of nitrogens with zero attached hydrogens (tertiary/aromatic N) is 1. The van der Waals surface area contributed by atoms with Crippen molar-refractivity contribution in [3.63, 3.8) is 0 Å². The number of unbranched alkanes of at least 4 members (excludes halogenated alkanes) is 1. The molecule has 0 bridgehead atoms. The molecule has 1 N–H and O–H groups in total. The molecule has 1 atom stereocenters. The van der Waals surface area contributed by atoms with Crippen LogP contribution in [0.15, 0.2) is 0 Å². The van der Waals surface area contributed by atoms with Crippen molar-refractivity contribution in [3.8, 4) is 0 Å². The second kappa shape index (κ2) is 7.20. The van der Waals surface area contributed by atoms with Gasteiger partial charge in [-0.2, -0.15) is 0 Å². The highest BCUT2D eigenvalue weighted by atomic mass is 19.1. The Bertz CT molecular complexity index is 221. The Morgan fingerprint density at radius 2 is 2.07 bits per heavy atom. The summed E-state index contributed by atoms with van der Waals surface area (Å²) in [7, 11) is 1.36. The largest absolute Gasteiger partial charge is 0.480 e. The molecule has 15 heavy (non-hydrogen) atoms. The molecule has 0 aromatic carbocycles. The molecule has 0 saturated heterocycles. The molecule has 1 amide bonds. The van der Waals surface area contributed by atoms with Crippen LogP contribution in [0.3, 0.4) is 0 Å². The predicted molar refractivity (Wildman–Crippen MR) is 54.3 cm³/mol. The summed E-state index contributed by atoms with van der Waals surface area (Å²) in [6, 6.07) is 0. The van der Waals surface area contributed by atoms with Crippen LogP contribution in [0.1, 0.15) is 32.6 Å². The van der Waals surface area contributed by atoms with Crippen LogP contribution in [0.4, 0.5) is 4.39 Å². The topological polar surface area (TPSA) is 57.6 Å². The number of rotatable bonds is 7. The molecule has 5 heteroatoms. The first-order valence-corrected chi connectivity index (χ1v) is 5.07. The van der Waals surface area contributed by atoms with E-state index in [1.54, 1.807) is 0 Å². The highest BCUT2D eigenvalue weighted by molar-refractivity contribution is 5.81. The van der Waals surface area contributed by atoms with Gasteiger partial charge in [-0.15, -0.1) is 0 Å². The van der Waals surface area contributed by atoms with E-state index in [0.717, 1.165) is 17.7 Å². The van der Waals surface area contributed by atoms with E-state index >= 15 is 0 Å². The molecule has 0 spiro atoms. The zero-order chi connectivity index (χ0) is 11.8. The van der Waals surface area contributed by atoms with Gasteiger partial charge in [-0.05, 0) is 6.42 Å². The Morgan fingerprint density at radius 3 is 2.53 bits per heavy atom. The van der Waals surface area contributed by atoms with Crippen molar-refractivity contribution in [2.24, 2.45) is 0 Å². The lowest BCUT2D eigenvalue weighted by atomic mass is 10.1. The average molecular weight is 219 g/mol. The first-order chi connectivity index (χ1) is 6.97. The fraction of sp³-hybridized carbons (Fsp3) is 0.800. The van der Waals surface area contributed by atoms with Crippen LogP contribution in [0.2, 0.25) is 0 Å². The lowest BCUT2D eigenvalue weighted by Gasteiger charge is -2.15. The van der Waals surface area contributed by atoms with Gasteiger partial charge < -0.3 is 10.0 Å². The maximum absolute atomic E-state index is 13.1. The van der Waals surface area contributed by atoms with E-state index in [4.69, 9.17) is 5.11 Å². The molecule has 0 radical (unpaired) electrons. The van der Waals surface area contributed by atoms with Crippen LogP contribution in [-0.4, -0.2) is 41.6 Å². The Morgan fingerprint density at radius 1 is 1.47 bits per heavy atom. The SMILES string of the molecule is CCCCC(F)CC(=O)N(C)CC(=O)O. The smallest absolute Gasteiger partial charge is 0.323 e. The number of carbonyl (C=O) groups is 2. The second-order valence-corrected chi connectivity index (χ2v) is 3.59. The first-order valence-electron chi connectivity index (χ1n) is 5.07. The molecule has 0 heterocycles. The maximum atomic E-state index is 13.1. The van der Waals surface area contributed by atoms with Crippen molar-refractivity contribution in [2.45, 2.75) is 38.8 Å². The summed E-state index contributed by atoms with van der Waals surface area (Å²) in [5, 5.41) is 8.42. The Hall–Kier alpha value is -1.13. The number of aliphatic carboxylic acids is 1. The van der Waals surface area contributed by atoms with Gasteiger partial charge in [-0.3, -0.25) is 9.59 Å². The molecule has 0 aliphatic rings. The van der Waals surface area contributed by atoms with Crippen LogP contribution in [0.25, 0.3) is 0 Å². The Kier molecular flexibility index (Phi) is 6.66. The van der Waals surface area contributed by atoms with E-state index in [-0.39, 0.29) is 13.0 Å². The second-order valence-electron chi connectivity index (χ2n) is 3.59. The molecule has 88 valence electrons. The van der Waals surface area contributed by atoms with Gasteiger partial charge in [0.25, 0.3) is 0 Å². The summed E-state index contributed by atoms with van der Waals surface area (Å²) in [6.07, 6.45) is 0.623. The van der Waals surface area contributed by atoms with Gasteiger partial charge in [0.15, 0.2) is 0 Å². The molecular weight excluding hydrogens is 201 g/mol. The lowest BCUT2D eigenvalue weighted by Crippen LogP contribution is -2.33. The minimum Gasteiger partial charge on any atom is -0.480 e. The van der Waals surface area contributed by atoms with Crippen LogP contribution >= 0.6 is 0 Å². The van der Waals surface area contributed by atoms with Crippen molar-refractivity contribution in [2.75, 3.05) is 13.6 Å². The molecule has 1 unspecified atom stereocenters. The fourth-order valence-corrected chi connectivity index (χ4v) is 1.16. The highest BCUT2D eigenvalue weighted by Crippen LogP contribution is 2.09. The van der Waals surface area contributed by atoms with Gasteiger partial charge in [0.1, 0.15) is 12.7 Å². The van der Waals surface area contributed by atoms with E-state index in [2.05, 4.69) is 0 Å². The number of hydrogen-bond donors (Lipinski definition) is 1. The normalized spacial score (nSPS) is 12.2. The van der Waals surface area contributed by atoms with Gasteiger partial charge in [-0.25, -0.2) is 4.39 Å². The summed E-state index contributed by atoms with van der Waals surface area (Å²) < 4.78 is 13.1. The Labute approximate surface area is 89.1 Å². The number of carboxylic acids is 1. The van der Waals surface area contributed by atoms with Gasteiger partial charge in [-0.1, -0.05) is 19.8 Å². The monoisotopic (exact) mass is 219 g/mol. The van der Waals surface area contributed by atoms with Gasteiger partial charge in [0, 0.05) is 7.05 Å². The number of halogens is 1. The van der Waals surface area contributed by atoms with Crippen molar-refractivity contribution >= 4 is 11.9 Å². The summed E-state index contributed by atoms with van der Waals surface area (Å²) >= 11 is 0.